The maximum absolute atomic E-state index is 12.2. The number of aldehydes is 1. The third-order valence-electron chi connectivity index (χ3n) is 7.07. The minimum atomic E-state index is -0.508. The van der Waals surface area contributed by atoms with Crippen molar-refractivity contribution in [1.29, 1.82) is 0 Å². The smallest absolute Gasteiger partial charge is 0.343 e. The van der Waals surface area contributed by atoms with Crippen LogP contribution in [0.25, 0.3) is 0 Å². The van der Waals surface area contributed by atoms with Crippen LogP contribution >= 0.6 is 0 Å². The van der Waals surface area contributed by atoms with Crippen molar-refractivity contribution < 1.29 is 57.1 Å². The summed E-state index contributed by atoms with van der Waals surface area (Å²) in [6.07, 6.45) is 4.85. The van der Waals surface area contributed by atoms with E-state index in [1.54, 1.807) is 92.0 Å². The van der Waals surface area contributed by atoms with Gasteiger partial charge in [-0.25, -0.2) is 19.2 Å². The van der Waals surface area contributed by atoms with E-state index in [0.29, 0.717) is 78.6 Å². The molecule has 0 N–H and O–H groups in total. The molecule has 4 aromatic rings. The quantitative estimate of drug-likeness (QED) is 0.0308. The molecule has 54 heavy (non-hydrogen) atoms. The predicted molar refractivity (Wildman–Crippen MR) is 199 cm³/mol. The van der Waals surface area contributed by atoms with E-state index >= 15 is 0 Å². The molecule has 0 heterocycles. The molecular weight excluding hydrogens is 696 g/mol. The van der Waals surface area contributed by atoms with Gasteiger partial charge in [0.1, 0.15) is 29.3 Å². The zero-order chi connectivity index (χ0) is 39.0. The van der Waals surface area contributed by atoms with Gasteiger partial charge in [0.25, 0.3) is 0 Å². The minimum Gasteiger partial charge on any atom is -0.493 e. The molecule has 12 heteroatoms. The Labute approximate surface area is 313 Å². The topological polar surface area (TPSA) is 150 Å². The fourth-order valence-corrected chi connectivity index (χ4v) is 4.23. The molecule has 0 spiro atoms. The summed E-state index contributed by atoms with van der Waals surface area (Å²) >= 11 is 0. The van der Waals surface area contributed by atoms with E-state index in [2.05, 4.69) is 13.2 Å². The van der Waals surface area contributed by atoms with Crippen molar-refractivity contribution in [1.82, 2.24) is 0 Å². The molecule has 0 aliphatic heterocycles. The van der Waals surface area contributed by atoms with Crippen molar-refractivity contribution in [2.45, 2.75) is 19.3 Å². The first kappa shape index (κ1) is 41.9. The van der Waals surface area contributed by atoms with Crippen molar-refractivity contribution in [3.63, 3.8) is 0 Å². The number of carbonyl (C=O) groups is 5. The summed E-state index contributed by atoms with van der Waals surface area (Å²) in [6, 6.07) is 26.8. The lowest BCUT2D eigenvalue weighted by atomic mass is 10.1. The molecular formula is C42H42O12. The monoisotopic (exact) mass is 738 g/mol. The van der Waals surface area contributed by atoms with Crippen molar-refractivity contribution in [2.75, 3.05) is 40.1 Å². The highest BCUT2D eigenvalue weighted by Crippen LogP contribution is 2.18. The maximum atomic E-state index is 12.2. The lowest BCUT2D eigenvalue weighted by Gasteiger charge is -2.08. The fourth-order valence-electron chi connectivity index (χ4n) is 4.23. The van der Waals surface area contributed by atoms with Gasteiger partial charge in [-0.3, -0.25) is 4.79 Å². The number of rotatable bonds is 20. The Balaban J connectivity index is 0.000000291. The molecule has 12 nitrogen and oxygen atoms in total. The first-order chi connectivity index (χ1) is 26.2. The average Bonchev–Trinajstić information content (AvgIpc) is 3.21. The first-order valence-corrected chi connectivity index (χ1v) is 16.9. The maximum Gasteiger partial charge on any atom is 0.343 e. The number of ether oxygens (including phenoxy) is 7. The first-order valence-electron chi connectivity index (χ1n) is 16.9. The molecule has 0 fully saturated rings. The second kappa shape index (κ2) is 23.8. The van der Waals surface area contributed by atoms with Crippen LogP contribution in [0.5, 0.6) is 23.0 Å². The Morgan fingerprint density at radius 3 is 1.33 bits per heavy atom. The standard InChI is InChI=1S/C22H24O6.C20H18O6/c1-3-21(23)27-15-4-14-26-19-11-7-18(8-12-19)22(24)28-20-9-5-17(6-10-20)13-16-25-2;1-2-19(22)25-13-3-12-24-17-10-6-16(7-11-17)20(23)26-18-8-4-15(14-21)5-9-18/h3,5-12H,1,4,13-16H2,2H3;2,4-11,14H,1,3,12-13H2. The minimum absolute atomic E-state index is 0.248. The van der Waals surface area contributed by atoms with Crippen LogP contribution in [0.1, 0.15) is 49.5 Å². The van der Waals surface area contributed by atoms with E-state index < -0.39 is 23.9 Å². The Morgan fingerprint density at radius 2 is 0.944 bits per heavy atom. The molecule has 282 valence electrons. The van der Waals surface area contributed by atoms with Crippen LogP contribution in [0.3, 0.4) is 0 Å². The second-order valence-electron chi connectivity index (χ2n) is 11.0. The molecule has 0 atom stereocenters. The number of benzene rings is 4. The molecule has 0 aromatic heterocycles. The molecule has 0 aliphatic carbocycles. The highest BCUT2D eigenvalue weighted by molar-refractivity contribution is 5.92. The molecule has 0 bridgehead atoms. The van der Waals surface area contributed by atoms with E-state index in [4.69, 9.17) is 33.2 Å². The summed E-state index contributed by atoms with van der Waals surface area (Å²) in [4.78, 5) is 56.7. The average molecular weight is 739 g/mol. The van der Waals surface area contributed by atoms with Crippen molar-refractivity contribution >= 4 is 30.2 Å². The zero-order valence-electron chi connectivity index (χ0n) is 29.9. The molecule has 0 aliphatic rings. The lowest BCUT2D eigenvalue weighted by Crippen LogP contribution is -2.09. The normalized spacial score (nSPS) is 10.0. The largest absolute Gasteiger partial charge is 0.493 e. The van der Waals surface area contributed by atoms with Gasteiger partial charge in [-0.05, 0) is 96.9 Å². The summed E-state index contributed by atoms with van der Waals surface area (Å²) in [5.41, 5.74) is 2.42. The number of esters is 4. The molecule has 0 unspecified atom stereocenters. The lowest BCUT2D eigenvalue weighted by molar-refractivity contribution is -0.138. The van der Waals surface area contributed by atoms with Gasteiger partial charge in [-0.15, -0.1) is 0 Å². The predicted octanol–water partition coefficient (Wildman–Crippen LogP) is 6.81. The molecule has 0 saturated carbocycles. The second-order valence-corrected chi connectivity index (χ2v) is 11.0. The van der Waals surface area contributed by atoms with Crippen molar-refractivity contribution in [3.05, 3.63) is 145 Å². The summed E-state index contributed by atoms with van der Waals surface area (Å²) < 4.78 is 36.4. The van der Waals surface area contributed by atoms with Gasteiger partial charge in [0.15, 0.2) is 0 Å². The Bertz CT molecular complexity index is 1800. The zero-order valence-corrected chi connectivity index (χ0v) is 29.9. The van der Waals surface area contributed by atoms with Crippen LogP contribution < -0.4 is 18.9 Å². The number of carbonyl (C=O) groups excluding carboxylic acids is 5. The van der Waals surface area contributed by atoms with Crippen LogP contribution in [0, 0.1) is 0 Å². The third-order valence-corrected chi connectivity index (χ3v) is 7.07. The van der Waals surface area contributed by atoms with E-state index in [9.17, 15) is 24.0 Å². The van der Waals surface area contributed by atoms with E-state index in [-0.39, 0.29) is 13.2 Å². The van der Waals surface area contributed by atoms with Crippen LogP contribution in [0.2, 0.25) is 0 Å². The molecule has 0 saturated heterocycles. The van der Waals surface area contributed by atoms with Gasteiger partial charge in [-0.2, -0.15) is 0 Å². The van der Waals surface area contributed by atoms with Crippen molar-refractivity contribution in [3.8, 4) is 23.0 Å². The van der Waals surface area contributed by atoms with Crippen molar-refractivity contribution in [2.24, 2.45) is 0 Å². The van der Waals surface area contributed by atoms with Gasteiger partial charge < -0.3 is 33.2 Å². The Kier molecular flexibility index (Phi) is 18.5. The van der Waals surface area contributed by atoms with Crippen LogP contribution in [0.4, 0.5) is 0 Å². The summed E-state index contributed by atoms with van der Waals surface area (Å²) in [6.45, 7) is 8.55. The molecule has 4 aromatic carbocycles. The molecule has 0 radical (unpaired) electrons. The summed E-state index contributed by atoms with van der Waals surface area (Å²) in [5, 5.41) is 0. The van der Waals surface area contributed by atoms with E-state index in [1.807, 2.05) is 12.1 Å². The Hall–Kier alpha value is -6.53. The highest BCUT2D eigenvalue weighted by Gasteiger charge is 2.10. The molecule has 0 amide bonds. The van der Waals surface area contributed by atoms with Gasteiger partial charge in [-0.1, -0.05) is 25.3 Å². The summed E-state index contributed by atoms with van der Waals surface area (Å²) in [7, 11) is 1.66. The third kappa shape index (κ3) is 15.8. The number of hydrogen-bond donors (Lipinski definition) is 0. The summed E-state index contributed by atoms with van der Waals surface area (Å²) in [5.74, 6) is 0.192. The Morgan fingerprint density at radius 1 is 0.537 bits per heavy atom. The van der Waals surface area contributed by atoms with E-state index in [1.165, 1.54) is 0 Å². The van der Waals surface area contributed by atoms with Crippen LogP contribution in [0.15, 0.2) is 122 Å². The van der Waals surface area contributed by atoms with Crippen LogP contribution in [-0.2, 0) is 30.2 Å². The van der Waals surface area contributed by atoms with Gasteiger partial charge in [0.05, 0.1) is 44.2 Å². The van der Waals surface area contributed by atoms with Crippen LogP contribution in [-0.4, -0.2) is 70.3 Å². The van der Waals surface area contributed by atoms with Gasteiger partial charge >= 0.3 is 23.9 Å². The van der Waals surface area contributed by atoms with Gasteiger partial charge in [0.2, 0.25) is 0 Å². The molecule has 4 rings (SSSR count). The van der Waals surface area contributed by atoms with Gasteiger partial charge in [0, 0.05) is 37.7 Å². The SMILES string of the molecule is C=CC(=O)OCCCOc1ccc(C(=O)Oc2ccc(C=O)cc2)cc1.C=CC(=O)OCCCOc1ccc(C(=O)Oc2ccc(CCOC)cc2)cc1. The fraction of sp³-hybridized carbons (Fsp3) is 0.214. The highest BCUT2D eigenvalue weighted by atomic mass is 16.5. The van der Waals surface area contributed by atoms with E-state index in [0.717, 1.165) is 24.1 Å². The number of methoxy groups -OCH3 is 1. The number of hydrogen-bond acceptors (Lipinski definition) is 12.